The van der Waals surface area contributed by atoms with Crippen LogP contribution < -0.4 is 0 Å². The maximum Gasteiger partial charge on any atom is 0.337 e. The number of benzene rings is 1. The second-order valence-corrected chi connectivity index (χ2v) is 5.76. The molecule has 0 bridgehead atoms. The van der Waals surface area contributed by atoms with E-state index in [2.05, 4.69) is 14.9 Å². The number of methoxy groups -OCH3 is 1. The number of thioether (sulfide) groups is 1. The first-order valence-corrected chi connectivity index (χ1v) is 8.42. The van der Waals surface area contributed by atoms with Crippen molar-refractivity contribution in [3.63, 3.8) is 0 Å². The number of esters is 2. The van der Waals surface area contributed by atoms with Crippen LogP contribution in [0.15, 0.2) is 34.5 Å². The lowest BCUT2D eigenvalue weighted by molar-refractivity contribution is -0.145. The molecule has 1 amide bonds. The Morgan fingerprint density at radius 1 is 1.32 bits per heavy atom. The van der Waals surface area contributed by atoms with E-state index in [1.165, 1.54) is 30.0 Å². The molecule has 1 fully saturated rings. The van der Waals surface area contributed by atoms with Gasteiger partial charge in [-0.05, 0) is 24.6 Å². The maximum absolute atomic E-state index is 11.8. The Kier molecular flexibility index (Phi) is 6.70. The minimum absolute atomic E-state index is 0.179. The van der Waals surface area contributed by atoms with Crippen molar-refractivity contribution >= 4 is 41.0 Å². The highest BCUT2D eigenvalue weighted by molar-refractivity contribution is 8.15. The largest absolute Gasteiger partial charge is 0.465 e. The fraction of sp³-hybridized carbons (Fsp3) is 0.312. The Bertz CT molecular complexity index is 715. The number of amidine groups is 1. The predicted octanol–water partition coefficient (Wildman–Crippen LogP) is 1.30. The van der Waals surface area contributed by atoms with Gasteiger partial charge in [-0.3, -0.25) is 14.5 Å². The summed E-state index contributed by atoms with van der Waals surface area (Å²) < 4.78 is 9.46. The van der Waals surface area contributed by atoms with E-state index in [1.807, 2.05) is 0 Å². The number of ether oxygens (including phenoxy) is 2. The SMILES string of the molecule is CCOC(=O)CN1C(=O)CS/C1=N/N=C/c1ccc(C(=O)OC)cc1. The molecule has 0 unspecified atom stereocenters. The van der Waals surface area contributed by atoms with Gasteiger partial charge in [-0.2, -0.15) is 5.10 Å². The molecule has 25 heavy (non-hydrogen) atoms. The van der Waals surface area contributed by atoms with Gasteiger partial charge in [0.25, 0.3) is 0 Å². The van der Waals surface area contributed by atoms with Crippen molar-refractivity contribution in [1.82, 2.24) is 4.90 Å². The Morgan fingerprint density at radius 2 is 2.04 bits per heavy atom. The van der Waals surface area contributed by atoms with E-state index in [9.17, 15) is 14.4 Å². The van der Waals surface area contributed by atoms with Crippen LogP contribution in [0.3, 0.4) is 0 Å². The number of amides is 1. The standard InChI is InChI=1S/C16H17N3O5S/c1-3-24-14(21)9-19-13(20)10-25-16(19)18-17-8-11-4-6-12(7-5-11)15(22)23-2/h4-8H,3,9-10H2,1-2H3/b17-8+,18-16+. The summed E-state index contributed by atoms with van der Waals surface area (Å²) in [7, 11) is 1.32. The molecule has 1 aromatic carbocycles. The van der Waals surface area contributed by atoms with Gasteiger partial charge in [0.15, 0.2) is 5.17 Å². The van der Waals surface area contributed by atoms with Gasteiger partial charge in [-0.25, -0.2) is 4.79 Å². The van der Waals surface area contributed by atoms with E-state index in [1.54, 1.807) is 31.2 Å². The summed E-state index contributed by atoms with van der Waals surface area (Å²) in [6.07, 6.45) is 1.49. The Labute approximate surface area is 148 Å². The average Bonchev–Trinajstić information content (AvgIpc) is 2.95. The molecular formula is C16H17N3O5S. The summed E-state index contributed by atoms with van der Waals surface area (Å²) in [4.78, 5) is 36.0. The lowest BCUT2D eigenvalue weighted by Crippen LogP contribution is -2.35. The average molecular weight is 363 g/mol. The van der Waals surface area contributed by atoms with Crippen LogP contribution in [0.2, 0.25) is 0 Å². The molecule has 0 saturated carbocycles. The predicted molar refractivity (Wildman–Crippen MR) is 93.6 cm³/mol. The molecule has 1 aliphatic heterocycles. The molecule has 0 N–H and O–H groups in total. The number of carbonyl (C=O) groups is 3. The monoisotopic (exact) mass is 363 g/mol. The molecule has 8 nitrogen and oxygen atoms in total. The van der Waals surface area contributed by atoms with Crippen molar-refractivity contribution in [1.29, 1.82) is 0 Å². The molecule has 1 saturated heterocycles. The lowest BCUT2D eigenvalue weighted by atomic mass is 10.1. The number of hydrogen-bond acceptors (Lipinski definition) is 8. The molecule has 0 aromatic heterocycles. The van der Waals surface area contributed by atoms with E-state index in [-0.39, 0.29) is 24.8 Å². The minimum atomic E-state index is -0.492. The Balaban J connectivity index is 2.03. The fourth-order valence-corrected chi connectivity index (χ4v) is 2.77. The smallest absolute Gasteiger partial charge is 0.337 e. The second-order valence-electron chi connectivity index (χ2n) is 4.81. The van der Waals surface area contributed by atoms with Crippen molar-refractivity contribution in [2.75, 3.05) is 26.0 Å². The first-order chi connectivity index (χ1) is 12.0. The quantitative estimate of drug-likeness (QED) is 0.429. The van der Waals surface area contributed by atoms with Crippen LogP contribution in [0.4, 0.5) is 0 Å². The van der Waals surface area contributed by atoms with Crippen LogP contribution in [-0.4, -0.2) is 60.1 Å². The summed E-state index contributed by atoms with van der Waals surface area (Å²) >= 11 is 1.21. The zero-order valence-electron chi connectivity index (χ0n) is 13.8. The van der Waals surface area contributed by atoms with Crippen molar-refractivity contribution in [2.24, 2.45) is 10.2 Å². The molecule has 0 spiro atoms. The molecular weight excluding hydrogens is 346 g/mol. The van der Waals surface area contributed by atoms with E-state index in [0.29, 0.717) is 10.7 Å². The summed E-state index contributed by atoms with van der Waals surface area (Å²) in [5.74, 6) is -0.913. The number of nitrogens with zero attached hydrogens (tertiary/aromatic N) is 3. The van der Waals surface area contributed by atoms with Gasteiger partial charge in [0, 0.05) is 0 Å². The van der Waals surface area contributed by atoms with Crippen LogP contribution in [0.5, 0.6) is 0 Å². The van der Waals surface area contributed by atoms with E-state index >= 15 is 0 Å². The molecule has 0 atom stereocenters. The van der Waals surface area contributed by atoms with Crippen LogP contribution in [0.25, 0.3) is 0 Å². The van der Waals surface area contributed by atoms with Crippen LogP contribution in [-0.2, 0) is 19.1 Å². The van der Waals surface area contributed by atoms with Crippen molar-refractivity contribution < 1.29 is 23.9 Å². The van der Waals surface area contributed by atoms with E-state index in [4.69, 9.17) is 4.74 Å². The molecule has 1 aliphatic rings. The lowest BCUT2D eigenvalue weighted by Gasteiger charge is -2.13. The van der Waals surface area contributed by atoms with Gasteiger partial charge in [-0.1, -0.05) is 23.9 Å². The molecule has 1 aromatic rings. The maximum atomic E-state index is 11.8. The molecule has 9 heteroatoms. The first kappa shape index (κ1) is 18.7. The zero-order chi connectivity index (χ0) is 18.2. The van der Waals surface area contributed by atoms with Crippen molar-refractivity contribution in [2.45, 2.75) is 6.92 Å². The Hall–Kier alpha value is -2.68. The number of rotatable bonds is 6. The highest BCUT2D eigenvalue weighted by Crippen LogP contribution is 2.19. The number of carbonyl (C=O) groups excluding carboxylic acids is 3. The summed E-state index contributed by atoms with van der Waals surface area (Å²) in [6, 6.07) is 6.61. The van der Waals surface area contributed by atoms with E-state index in [0.717, 1.165) is 5.56 Å². The zero-order valence-corrected chi connectivity index (χ0v) is 14.6. The van der Waals surface area contributed by atoms with Gasteiger partial charge in [0.2, 0.25) is 5.91 Å². The van der Waals surface area contributed by atoms with Gasteiger partial charge in [0.05, 0.1) is 31.2 Å². The third kappa shape index (κ3) is 5.15. The van der Waals surface area contributed by atoms with Crippen molar-refractivity contribution in [3.8, 4) is 0 Å². The fourth-order valence-electron chi connectivity index (χ4n) is 1.93. The van der Waals surface area contributed by atoms with Crippen LogP contribution >= 0.6 is 11.8 Å². The number of hydrogen-bond donors (Lipinski definition) is 0. The second kappa shape index (κ2) is 8.97. The highest BCUT2D eigenvalue weighted by atomic mass is 32.2. The first-order valence-electron chi connectivity index (χ1n) is 7.43. The molecule has 0 radical (unpaired) electrons. The van der Waals surface area contributed by atoms with Gasteiger partial charge < -0.3 is 9.47 Å². The molecule has 0 aliphatic carbocycles. The normalized spacial score (nSPS) is 15.8. The van der Waals surface area contributed by atoms with Crippen LogP contribution in [0.1, 0.15) is 22.8 Å². The van der Waals surface area contributed by atoms with Crippen molar-refractivity contribution in [3.05, 3.63) is 35.4 Å². The topological polar surface area (TPSA) is 97.6 Å². The molecule has 1 heterocycles. The molecule has 132 valence electrons. The van der Waals surface area contributed by atoms with Gasteiger partial charge in [0.1, 0.15) is 6.54 Å². The summed E-state index contributed by atoms with van der Waals surface area (Å²) in [6.45, 7) is 1.77. The third-order valence-electron chi connectivity index (χ3n) is 3.13. The minimum Gasteiger partial charge on any atom is -0.465 e. The molecule has 2 rings (SSSR count). The highest BCUT2D eigenvalue weighted by Gasteiger charge is 2.30. The third-order valence-corrected chi connectivity index (χ3v) is 4.08. The van der Waals surface area contributed by atoms with E-state index < -0.39 is 11.9 Å². The Morgan fingerprint density at radius 3 is 2.68 bits per heavy atom. The summed E-state index contributed by atoms with van der Waals surface area (Å²) in [5.41, 5.74) is 1.16. The van der Waals surface area contributed by atoms with Crippen LogP contribution in [0, 0.1) is 0 Å². The van der Waals surface area contributed by atoms with Gasteiger partial charge >= 0.3 is 11.9 Å². The van der Waals surface area contributed by atoms with Gasteiger partial charge in [-0.15, -0.1) is 5.10 Å². The summed E-state index contributed by atoms with van der Waals surface area (Å²) in [5, 5.41) is 8.28.